The summed E-state index contributed by atoms with van der Waals surface area (Å²) in [6, 6.07) is 10.1. The minimum absolute atomic E-state index is 0.111. The first-order valence-electron chi connectivity index (χ1n) is 7.38. The van der Waals surface area contributed by atoms with Crippen molar-refractivity contribution in [2.45, 2.75) is 26.7 Å². The number of aromatic nitrogens is 2. The van der Waals surface area contributed by atoms with Crippen LogP contribution in [0, 0.1) is 5.92 Å². The Kier molecular flexibility index (Phi) is 5.89. The minimum Gasteiger partial charge on any atom is -0.481 e. The molecule has 22 heavy (non-hydrogen) atoms. The molecule has 0 unspecified atom stereocenters. The van der Waals surface area contributed by atoms with Crippen molar-refractivity contribution < 1.29 is 9.90 Å². The lowest BCUT2D eigenvalue weighted by Crippen LogP contribution is -2.29. The Labute approximate surface area is 134 Å². The molecule has 0 saturated heterocycles. The molecule has 0 amide bonds. The van der Waals surface area contributed by atoms with Crippen molar-refractivity contribution in [1.29, 1.82) is 0 Å². The molecule has 6 heteroatoms. The molecule has 0 atom stereocenters. The van der Waals surface area contributed by atoms with Gasteiger partial charge in [-0.05, 0) is 11.5 Å². The van der Waals surface area contributed by atoms with Gasteiger partial charge in [0.2, 0.25) is 5.13 Å². The number of hydrogen-bond donors (Lipinski definition) is 1. The van der Waals surface area contributed by atoms with Crippen LogP contribution in [0.5, 0.6) is 0 Å². The van der Waals surface area contributed by atoms with Crippen molar-refractivity contribution in [1.82, 2.24) is 9.36 Å². The Morgan fingerprint density at radius 1 is 1.32 bits per heavy atom. The average Bonchev–Trinajstić information content (AvgIpc) is 2.92. The first-order valence-corrected chi connectivity index (χ1v) is 8.15. The normalized spacial score (nSPS) is 10.9. The molecule has 0 bridgehead atoms. The van der Waals surface area contributed by atoms with E-state index in [4.69, 9.17) is 5.11 Å². The van der Waals surface area contributed by atoms with Crippen molar-refractivity contribution in [3.8, 4) is 0 Å². The van der Waals surface area contributed by atoms with Crippen LogP contribution in [-0.2, 0) is 11.2 Å². The first-order chi connectivity index (χ1) is 10.5. The smallest absolute Gasteiger partial charge is 0.305 e. The fourth-order valence-electron chi connectivity index (χ4n) is 2.16. The molecule has 5 nitrogen and oxygen atoms in total. The Morgan fingerprint density at radius 3 is 2.68 bits per heavy atom. The highest BCUT2D eigenvalue weighted by molar-refractivity contribution is 7.09. The molecule has 0 fully saturated rings. The Hall–Kier alpha value is -1.95. The predicted octanol–water partition coefficient (Wildman–Crippen LogP) is 3.07. The summed E-state index contributed by atoms with van der Waals surface area (Å²) in [5.41, 5.74) is 1.17. The molecule has 1 N–H and O–H groups in total. The highest BCUT2D eigenvalue weighted by atomic mass is 32.1. The molecule has 118 valence electrons. The van der Waals surface area contributed by atoms with Crippen LogP contribution in [0.15, 0.2) is 30.3 Å². The second kappa shape index (κ2) is 7.89. The highest BCUT2D eigenvalue weighted by Gasteiger charge is 2.15. The van der Waals surface area contributed by atoms with Crippen LogP contribution in [0.2, 0.25) is 0 Å². The summed E-state index contributed by atoms with van der Waals surface area (Å²) in [4.78, 5) is 17.4. The van der Waals surface area contributed by atoms with Gasteiger partial charge in [-0.1, -0.05) is 44.2 Å². The van der Waals surface area contributed by atoms with Crippen LogP contribution in [0.1, 0.15) is 31.7 Å². The van der Waals surface area contributed by atoms with Crippen LogP contribution in [0.4, 0.5) is 5.13 Å². The van der Waals surface area contributed by atoms with Gasteiger partial charge in [0.15, 0.2) is 0 Å². The van der Waals surface area contributed by atoms with Crippen LogP contribution in [-0.4, -0.2) is 33.5 Å². The third-order valence-electron chi connectivity index (χ3n) is 3.11. The molecule has 0 aliphatic carbocycles. The van der Waals surface area contributed by atoms with Crippen LogP contribution in [0.3, 0.4) is 0 Å². The third kappa shape index (κ3) is 5.11. The predicted molar refractivity (Wildman–Crippen MR) is 88.5 cm³/mol. The molecule has 1 heterocycles. The van der Waals surface area contributed by atoms with Crippen LogP contribution >= 0.6 is 11.5 Å². The van der Waals surface area contributed by atoms with E-state index in [0.29, 0.717) is 18.9 Å². The van der Waals surface area contributed by atoms with Gasteiger partial charge in [-0.2, -0.15) is 4.37 Å². The van der Waals surface area contributed by atoms with Crippen molar-refractivity contribution in [3.05, 3.63) is 41.7 Å². The molecular weight excluding hydrogens is 298 g/mol. The van der Waals surface area contributed by atoms with Crippen molar-refractivity contribution in [3.63, 3.8) is 0 Å². The third-order valence-corrected chi connectivity index (χ3v) is 3.93. The molecule has 0 radical (unpaired) electrons. The average molecular weight is 319 g/mol. The molecule has 2 rings (SSSR count). The number of carboxylic acids is 1. The second-order valence-corrected chi connectivity index (χ2v) is 6.37. The Balaban J connectivity index is 2.06. The van der Waals surface area contributed by atoms with E-state index in [1.807, 2.05) is 23.1 Å². The van der Waals surface area contributed by atoms with Gasteiger partial charge >= 0.3 is 5.97 Å². The van der Waals surface area contributed by atoms with Crippen molar-refractivity contribution >= 4 is 22.6 Å². The van der Waals surface area contributed by atoms with E-state index >= 15 is 0 Å². The summed E-state index contributed by atoms with van der Waals surface area (Å²) in [6.07, 6.45) is 0.812. The second-order valence-electron chi connectivity index (χ2n) is 5.64. The van der Waals surface area contributed by atoms with Gasteiger partial charge in [0.05, 0.1) is 6.42 Å². The van der Waals surface area contributed by atoms with Gasteiger partial charge in [-0.25, -0.2) is 4.98 Å². The van der Waals surface area contributed by atoms with E-state index < -0.39 is 5.97 Å². The zero-order valence-electron chi connectivity index (χ0n) is 12.9. The van der Waals surface area contributed by atoms with Gasteiger partial charge in [0, 0.05) is 31.0 Å². The standard InChI is InChI=1S/C16H21N3O2S/c1-12(2)11-19(9-8-15(20)21)16-17-14(18-22-16)10-13-6-4-3-5-7-13/h3-7,12H,8-11H2,1-2H3,(H,20,21). The number of aliphatic carboxylic acids is 1. The molecular formula is C16H21N3O2S. The number of benzene rings is 1. The Morgan fingerprint density at radius 2 is 2.05 bits per heavy atom. The molecule has 0 spiro atoms. The fourth-order valence-corrected chi connectivity index (χ4v) is 2.88. The summed E-state index contributed by atoms with van der Waals surface area (Å²) < 4.78 is 4.41. The van der Waals surface area contributed by atoms with Gasteiger partial charge in [0.25, 0.3) is 0 Å². The van der Waals surface area contributed by atoms with E-state index in [2.05, 4.69) is 35.3 Å². The van der Waals surface area contributed by atoms with E-state index in [-0.39, 0.29) is 6.42 Å². The molecule has 2 aromatic rings. The van der Waals surface area contributed by atoms with Gasteiger partial charge in [-0.15, -0.1) is 0 Å². The van der Waals surface area contributed by atoms with Crippen molar-refractivity contribution in [2.24, 2.45) is 5.92 Å². The summed E-state index contributed by atoms with van der Waals surface area (Å²) >= 11 is 1.34. The molecule has 1 aromatic carbocycles. The lowest BCUT2D eigenvalue weighted by molar-refractivity contribution is -0.136. The summed E-state index contributed by atoms with van der Waals surface area (Å²) in [7, 11) is 0. The van der Waals surface area contributed by atoms with Crippen LogP contribution in [0.25, 0.3) is 0 Å². The molecule has 0 aliphatic heterocycles. The summed E-state index contributed by atoms with van der Waals surface area (Å²) in [5, 5.41) is 9.69. The monoisotopic (exact) mass is 319 g/mol. The van der Waals surface area contributed by atoms with Crippen molar-refractivity contribution in [2.75, 3.05) is 18.0 Å². The zero-order chi connectivity index (χ0) is 15.9. The maximum Gasteiger partial charge on any atom is 0.305 e. The number of hydrogen-bond acceptors (Lipinski definition) is 5. The summed E-state index contributed by atoms with van der Waals surface area (Å²) in [6.45, 7) is 5.47. The fraction of sp³-hybridized carbons (Fsp3) is 0.438. The highest BCUT2D eigenvalue weighted by Crippen LogP contribution is 2.20. The van der Waals surface area contributed by atoms with Gasteiger partial charge in [-0.3, -0.25) is 4.79 Å². The number of nitrogens with zero attached hydrogens (tertiary/aromatic N) is 3. The van der Waals surface area contributed by atoms with Gasteiger partial charge in [0.1, 0.15) is 5.82 Å². The maximum absolute atomic E-state index is 10.8. The SMILES string of the molecule is CC(C)CN(CCC(=O)O)c1nc(Cc2ccccc2)ns1. The van der Waals surface area contributed by atoms with Crippen LogP contribution < -0.4 is 4.90 Å². The number of carbonyl (C=O) groups is 1. The lowest BCUT2D eigenvalue weighted by Gasteiger charge is -2.22. The van der Waals surface area contributed by atoms with E-state index in [9.17, 15) is 4.79 Å². The number of carboxylic acid groups (broad SMARTS) is 1. The molecule has 0 aliphatic rings. The number of anilines is 1. The zero-order valence-corrected chi connectivity index (χ0v) is 13.7. The number of rotatable bonds is 8. The molecule has 1 aromatic heterocycles. The Bertz CT molecular complexity index is 598. The van der Waals surface area contributed by atoms with E-state index in [1.165, 1.54) is 17.1 Å². The largest absolute Gasteiger partial charge is 0.481 e. The molecule has 0 saturated carbocycles. The quantitative estimate of drug-likeness (QED) is 0.810. The lowest BCUT2D eigenvalue weighted by atomic mass is 10.1. The maximum atomic E-state index is 10.8. The summed E-state index contributed by atoms with van der Waals surface area (Å²) in [5.74, 6) is 0.438. The first kappa shape index (κ1) is 16.4. The van der Waals surface area contributed by atoms with Gasteiger partial charge < -0.3 is 10.0 Å². The van der Waals surface area contributed by atoms with E-state index in [0.717, 1.165) is 17.5 Å². The van der Waals surface area contributed by atoms with E-state index in [1.54, 1.807) is 0 Å². The topological polar surface area (TPSA) is 66.3 Å². The minimum atomic E-state index is -0.789.